The highest BCUT2D eigenvalue weighted by atomic mass is 32.2. The fourth-order valence-corrected chi connectivity index (χ4v) is 5.28. The van der Waals surface area contributed by atoms with E-state index in [4.69, 9.17) is 0 Å². The summed E-state index contributed by atoms with van der Waals surface area (Å²) in [6, 6.07) is 12.9. The van der Waals surface area contributed by atoms with Gasteiger partial charge < -0.3 is 4.90 Å². The van der Waals surface area contributed by atoms with Crippen LogP contribution in [0, 0.1) is 5.92 Å². The lowest BCUT2D eigenvalue weighted by Crippen LogP contribution is -2.34. The molecule has 0 spiro atoms. The Balaban J connectivity index is 1.90. The van der Waals surface area contributed by atoms with Crippen molar-refractivity contribution in [2.45, 2.75) is 57.9 Å². The third kappa shape index (κ3) is 4.70. The van der Waals surface area contributed by atoms with E-state index in [1.54, 1.807) is 30.0 Å². The topological polar surface area (TPSA) is 66.5 Å². The first-order valence-electron chi connectivity index (χ1n) is 10.2. The number of nitrogens with one attached hydrogen (secondary N) is 1. The molecule has 0 aromatic heterocycles. The minimum atomic E-state index is -3.69. The fraction of sp³-hybridized carbons (Fsp3) is 0.435. The van der Waals surface area contributed by atoms with Gasteiger partial charge in [0, 0.05) is 25.2 Å². The smallest absolute Gasteiger partial charge is 0.241 e. The summed E-state index contributed by atoms with van der Waals surface area (Å²) < 4.78 is 29.2. The van der Waals surface area contributed by atoms with Crippen LogP contribution in [0.15, 0.2) is 47.4 Å². The summed E-state index contributed by atoms with van der Waals surface area (Å²) in [5, 5.41) is 0. The van der Waals surface area contributed by atoms with Crippen LogP contribution in [-0.2, 0) is 27.7 Å². The molecule has 6 heteroatoms. The average Bonchev–Trinajstić information content (AvgIpc) is 2.71. The summed E-state index contributed by atoms with van der Waals surface area (Å²) in [6.07, 6.45) is 2.56. The first kappa shape index (κ1) is 21.5. The number of rotatable bonds is 6. The zero-order chi connectivity index (χ0) is 21.2. The van der Waals surface area contributed by atoms with E-state index in [-0.39, 0.29) is 22.8 Å². The van der Waals surface area contributed by atoms with Gasteiger partial charge in [-0.05, 0) is 60.1 Å². The van der Waals surface area contributed by atoms with E-state index in [1.165, 1.54) is 5.56 Å². The highest BCUT2D eigenvalue weighted by molar-refractivity contribution is 7.89. The van der Waals surface area contributed by atoms with Crippen molar-refractivity contribution in [1.82, 2.24) is 4.72 Å². The second kappa shape index (κ2) is 8.67. The molecule has 2 aromatic carbocycles. The minimum Gasteiger partial charge on any atom is -0.312 e. The normalized spacial score (nSPS) is 15.3. The van der Waals surface area contributed by atoms with E-state index in [2.05, 4.69) is 11.6 Å². The minimum absolute atomic E-state index is 0.0184. The third-order valence-corrected chi connectivity index (χ3v) is 6.99. The molecule has 1 amide bonds. The van der Waals surface area contributed by atoms with Gasteiger partial charge in [-0.3, -0.25) is 4.79 Å². The molecule has 0 fully saturated rings. The van der Waals surface area contributed by atoms with Crippen LogP contribution in [0.5, 0.6) is 0 Å². The van der Waals surface area contributed by atoms with Crippen molar-refractivity contribution < 1.29 is 13.2 Å². The molecule has 0 bridgehead atoms. The SMILES string of the molecule is CCc1ccc([C@H](NS(=O)(=O)c2ccc3c(c2)CCCN3C(C)=O)C(C)C)cc1. The number of nitrogens with zero attached hydrogens (tertiary/aromatic N) is 1. The van der Waals surface area contributed by atoms with E-state index in [0.29, 0.717) is 6.54 Å². The number of hydrogen-bond acceptors (Lipinski definition) is 3. The Hall–Kier alpha value is -2.18. The Bertz CT molecular complexity index is 982. The lowest BCUT2D eigenvalue weighted by molar-refractivity contribution is -0.116. The number of fused-ring (bicyclic) bond motifs is 1. The summed E-state index contributed by atoms with van der Waals surface area (Å²) in [7, 11) is -3.69. The van der Waals surface area contributed by atoms with Crippen LogP contribution in [-0.4, -0.2) is 20.9 Å². The van der Waals surface area contributed by atoms with Crippen molar-refractivity contribution >= 4 is 21.6 Å². The lowest BCUT2D eigenvalue weighted by atomic mass is 9.96. The van der Waals surface area contributed by atoms with Crippen molar-refractivity contribution in [3.63, 3.8) is 0 Å². The molecule has 0 radical (unpaired) electrons. The molecule has 156 valence electrons. The number of benzene rings is 2. The molecular formula is C23H30N2O3S. The Labute approximate surface area is 174 Å². The second-order valence-electron chi connectivity index (χ2n) is 8.00. The summed E-state index contributed by atoms with van der Waals surface area (Å²) in [6.45, 7) is 8.34. The number of aryl methyl sites for hydroxylation is 2. The predicted octanol–water partition coefficient (Wildman–Crippen LogP) is 4.22. The van der Waals surface area contributed by atoms with Gasteiger partial charge in [-0.1, -0.05) is 45.0 Å². The highest BCUT2D eigenvalue weighted by Gasteiger charge is 2.26. The molecule has 29 heavy (non-hydrogen) atoms. The van der Waals surface area contributed by atoms with Crippen molar-refractivity contribution in [1.29, 1.82) is 0 Å². The fourth-order valence-electron chi connectivity index (χ4n) is 3.85. The molecule has 0 saturated carbocycles. The molecule has 0 saturated heterocycles. The molecule has 1 aliphatic heterocycles. The molecule has 1 atom stereocenters. The van der Waals surface area contributed by atoms with Crippen molar-refractivity contribution in [3.8, 4) is 0 Å². The maximum absolute atomic E-state index is 13.2. The summed E-state index contributed by atoms with van der Waals surface area (Å²) in [5.74, 6) is 0.0816. The van der Waals surface area contributed by atoms with E-state index in [0.717, 1.165) is 36.1 Å². The summed E-state index contributed by atoms with van der Waals surface area (Å²) >= 11 is 0. The second-order valence-corrected chi connectivity index (χ2v) is 9.72. The number of sulfonamides is 1. The van der Waals surface area contributed by atoms with Crippen molar-refractivity contribution in [3.05, 3.63) is 59.2 Å². The molecule has 5 nitrogen and oxygen atoms in total. The number of carbonyl (C=O) groups is 1. The van der Waals surface area contributed by atoms with E-state index in [9.17, 15) is 13.2 Å². The van der Waals surface area contributed by atoms with Crippen LogP contribution in [0.3, 0.4) is 0 Å². The Morgan fingerprint density at radius 1 is 1.14 bits per heavy atom. The first-order valence-corrected chi connectivity index (χ1v) is 11.7. The monoisotopic (exact) mass is 414 g/mol. The van der Waals surface area contributed by atoms with Crippen LogP contribution in [0.1, 0.15) is 56.8 Å². The Morgan fingerprint density at radius 2 is 1.83 bits per heavy atom. The molecule has 1 aliphatic rings. The zero-order valence-electron chi connectivity index (χ0n) is 17.6. The standard InChI is InChI=1S/C23H30N2O3S/c1-5-18-8-10-19(11-9-18)23(16(2)3)24-29(27,28)21-12-13-22-20(15-21)7-6-14-25(22)17(4)26/h8-13,15-16,23-24H,5-7,14H2,1-4H3/t23-/m1/s1. The first-order chi connectivity index (χ1) is 13.7. The van der Waals surface area contributed by atoms with Gasteiger partial charge in [0.25, 0.3) is 0 Å². The Kier molecular flexibility index (Phi) is 6.44. The molecule has 1 N–H and O–H groups in total. The molecule has 3 rings (SSSR count). The summed E-state index contributed by atoms with van der Waals surface area (Å²) in [5.41, 5.74) is 3.91. The molecule has 0 aliphatic carbocycles. The predicted molar refractivity (Wildman–Crippen MR) is 117 cm³/mol. The van der Waals surface area contributed by atoms with Gasteiger partial charge in [0.05, 0.1) is 4.90 Å². The van der Waals surface area contributed by atoms with Gasteiger partial charge in [-0.2, -0.15) is 0 Å². The Morgan fingerprint density at radius 3 is 2.41 bits per heavy atom. The van der Waals surface area contributed by atoms with Crippen molar-refractivity contribution in [2.75, 3.05) is 11.4 Å². The van der Waals surface area contributed by atoms with E-state index >= 15 is 0 Å². The van der Waals surface area contributed by atoms with Gasteiger partial charge in [-0.15, -0.1) is 0 Å². The third-order valence-electron chi connectivity index (χ3n) is 5.56. The van der Waals surface area contributed by atoms with Crippen LogP contribution < -0.4 is 9.62 Å². The molecule has 0 unspecified atom stereocenters. The molecule has 2 aromatic rings. The lowest BCUT2D eigenvalue weighted by Gasteiger charge is -2.29. The average molecular weight is 415 g/mol. The van der Waals surface area contributed by atoms with Gasteiger partial charge in [0.2, 0.25) is 15.9 Å². The number of hydrogen-bond donors (Lipinski definition) is 1. The van der Waals surface area contributed by atoms with Crippen LogP contribution in [0.4, 0.5) is 5.69 Å². The quantitative estimate of drug-likeness (QED) is 0.769. The molecular weight excluding hydrogens is 384 g/mol. The number of anilines is 1. The number of carbonyl (C=O) groups excluding carboxylic acids is 1. The number of amides is 1. The van der Waals surface area contributed by atoms with Gasteiger partial charge in [-0.25, -0.2) is 13.1 Å². The van der Waals surface area contributed by atoms with Crippen LogP contribution in [0.2, 0.25) is 0 Å². The van der Waals surface area contributed by atoms with Crippen LogP contribution >= 0.6 is 0 Å². The zero-order valence-corrected chi connectivity index (χ0v) is 18.4. The molecule has 1 heterocycles. The van der Waals surface area contributed by atoms with E-state index < -0.39 is 10.0 Å². The largest absolute Gasteiger partial charge is 0.312 e. The van der Waals surface area contributed by atoms with Crippen molar-refractivity contribution in [2.24, 2.45) is 5.92 Å². The summed E-state index contributed by atoms with van der Waals surface area (Å²) in [4.78, 5) is 13.8. The van der Waals surface area contributed by atoms with Gasteiger partial charge >= 0.3 is 0 Å². The maximum atomic E-state index is 13.2. The van der Waals surface area contributed by atoms with E-state index in [1.807, 2.05) is 38.1 Å². The van der Waals surface area contributed by atoms with Gasteiger partial charge in [0.1, 0.15) is 0 Å². The van der Waals surface area contributed by atoms with Gasteiger partial charge in [0.15, 0.2) is 0 Å². The van der Waals surface area contributed by atoms with Crippen LogP contribution in [0.25, 0.3) is 0 Å². The highest BCUT2D eigenvalue weighted by Crippen LogP contribution is 2.31. The maximum Gasteiger partial charge on any atom is 0.241 e.